The van der Waals surface area contributed by atoms with E-state index in [0.717, 1.165) is 16.4 Å². The Morgan fingerprint density at radius 3 is 2.45 bits per heavy atom. The highest BCUT2D eigenvalue weighted by Crippen LogP contribution is 2.34. The average molecular weight is 491 g/mol. The average Bonchev–Trinajstić information content (AvgIpc) is 3.13. The van der Waals surface area contributed by atoms with E-state index < -0.39 is 27.9 Å². The molecule has 0 amide bonds. The van der Waals surface area contributed by atoms with Crippen molar-refractivity contribution >= 4 is 44.9 Å². The Balaban J connectivity index is 2.00. The molecule has 0 bridgehead atoms. The second-order valence-corrected chi connectivity index (χ2v) is 9.65. The summed E-state index contributed by atoms with van der Waals surface area (Å²) in [5.41, 5.74) is 0.675. The number of nitrogens with one attached hydrogen (secondary N) is 1. The molecular weight excluding hydrogens is 473 g/mol. The van der Waals surface area contributed by atoms with Gasteiger partial charge in [-0.2, -0.15) is 31.0 Å². The number of hydrogen-bond acceptors (Lipinski definition) is 4. The number of hydrogen-bond donors (Lipinski definition) is 1. The largest absolute Gasteiger partial charge is 0.416 e. The first-order chi connectivity index (χ1) is 14.4. The SMILES string of the molecule is CN(C)S(=O)(=O)NC(=S)N1CC(c2cccc(C(F)(F)F)c2)C(c2ccc(Cl)cc2)=N1. The van der Waals surface area contributed by atoms with Gasteiger partial charge in [0.05, 0.1) is 17.8 Å². The molecule has 1 atom stereocenters. The van der Waals surface area contributed by atoms with Crippen molar-refractivity contribution in [1.29, 1.82) is 0 Å². The zero-order chi connectivity index (χ0) is 23.0. The van der Waals surface area contributed by atoms with Gasteiger partial charge in [-0.15, -0.1) is 0 Å². The maximum atomic E-state index is 13.2. The van der Waals surface area contributed by atoms with Crippen LogP contribution in [-0.2, 0) is 16.4 Å². The molecule has 2 aromatic rings. The second kappa shape index (κ2) is 8.73. The smallest absolute Gasteiger partial charge is 0.245 e. The Morgan fingerprint density at radius 2 is 1.87 bits per heavy atom. The molecular formula is C19H18ClF3N4O2S2. The van der Waals surface area contributed by atoms with Crippen LogP contribution in [0.25, 0.3) is 0 Å². The number of nitrogens with zero attached hydrogens (tertiary/aromatic N) is 3. The van der Waals surface area contributed by atoms with Crippen molar-refractivity contribution in [3.63, 3.8) is 0 Å². The summed E-state index contributed by atoms with van der Waals surface area (Å²) in [7, 11) is -1.19. The molecule has 12 heteroatoms. The Labute approximate surface area is 188 Å². The fourth-order valence-electron chi connectivity index (χ4n) is 2.96. The maximum Gasteiger partial charge on any atom is 0.416 e. The van der Waals surface area contributed by atoms with Gasteiger partial charge in [0.25, 0.3) is 0 Å². The molecule has 31 heavy (non-hydrogen) atoms. The predicted molar refractivity (Wildman–Crippen MR) is 117 cm³/mol. The number of thiocarbonyl (C=S) groups is 1. The summed E-state index contributed by atoms with van der Waals surface area (Å²) in [5, 5.41) is 5.98. The quantitative estimate of drug-likeness (QED) is 0.661. The van der Waals surface area contributed by atoms with Crippen LogP contribution in [0.3, 0.4) is 0 Å². The third-order valence-electron chi connectivity index (χ3n) is 4.60. The van der Waals surface area contributed by atoms with E-state index in [1.54, 1.807) is 30.3 Å². The number of halogens is 4. The van der Waals surface area contributed by atoms with E-state index in [0.29, 0.717) is 21.9 Å². The molecule has 3 rings (SSSR count). The Kier molecular flexibility index (Phi) is 6.61. The molecule has 1 unspecified atom stereocenters. The third kappa shape index (κ3) is 5.35. The highest BCUT2D eigenvalue weighted by Gasteiger charge is 2.35. The van der Waals surface area contributed by atoms with Gasteiger partial charge in [0.2, 0.25) is 5.11 Å². The van der Waals surface area contributed by atoms with E-state index in [1.807, 2.05) is 0 Å². The lowest BCUT2D eigenvalue weighted by Crippen LogP contribution is -2.44. The minimum atomic E-state index is -4.50. The monoisotopic (exact) mass is 490 g/mol. The first-order valence-electron chi connectivity index (χ1n) is 8.92. The molecule has 6 nitrogen and oxygen atoms in total. The van der Waals surface area contributed by atoms with Crippen molar-refractivity contribution in [2.24, 2.45) is 5.10 Å². The van der Waals surface area contributed by atoms with Gasteiger partial charge in [-0.25, -0.2) is 9.73 Å². The molecule has 0 aromatic heterocycles. The van der Waals surface area contributed by atoms with Crippen LogP contribution in [0.2, 0.25) is 5.02 Å². The summed E-state index contributed by atoms with van der Waals surface area (Å²) < 4.78 is 67.1. The first-order valence-corrected chi connectivity index (χ1v) is 11.1. The summed E-state index contributed by atoms with van der Waals surface area (Å²) in [6, 6.07) is 11.6. The van der Waals surface area contributed by atoms with Crippen LogP contribution in [0.1, 0.15) is 22.6 Å². The van der Waals surface area contributed by atoms with Crippen LogP contribution in [-0.4, -0.2) is 49.2 Å². The van der Waals surface area contributed by atoms with E-state index in [2.05, 4.69) is 9.82 Å². The van der Waals surface area contributed by atoms with Crippen molar-refractivity contribution in [1.82, 2.24) is 14.0 Å². The lowest BCUT2D eigenvalue weighted by atomic mass is 9.89. The zero-order valence-corrected chi connectivity index (χ0v) is 18.8. The minimum absolute atomic E-state index is 0.0635. The lowest BCUT2D eigenvalue weighted by molar-refractivity contribution is -0.137. The van der Waals surface area contributed by atoms with Gasteiger partial charge < -0.3 is 0 Å². The van der Waals surface area contributed by atoms with Crippen LogP contribution >= 0.6 is 23.8 Å². The number of alkyl halides is 3. The van der Waals surface area contributed by atoms with Gasteiger partial charge in [-0.1, -0.05) is 41.9 Å². The van der Waals surface area contributed by atoms with Crippen LogP contribution < -0.4 is 4.72 Å². The highest BCUT2D eigenvalue weighted by atomic mass is 35.5. The molecule has 0 saturated carbocycles. The molecule has 2 aromatic carbocycles. The molecule has 1 heterocycles. The van der Waals surface area contributed by atoms with E-state index in [4.69, 9.17) is 23.8 Å². The summed E-state index contributed by atoms with van der Waals surface area (Å²) in [6.45, 7) is 0.0635. The first kappa shape index (κ1) is 23.5. The normalized spacial score (nSPS) is 17.1. The van der Waals surface area contributed by atoms with Crippen molar-refractivity contribution in [2.45, 2.75) is 12.1 Å². The highest BCUT2D eigenvalue weighted by molar-refractivity contribution is 7.89. The van der Waals surface area contributed by atoms with Crippen LogP contribution in [0.15, 0.2) is 53.6 Å². The Bertz CT molecular complexity index is 1120. The fraction of sp³-hybridized carbons (Fsp3) is 0.263. The van der Waals surface area contributed by atoms with Gasteiger partial charge in [-0.3, -0.25) is 0 Å². The van der Waals surface area contributed by atoms with E-state index in [-0.39, 0.29) is 11.7 Å². The lowest BCUT2D eigenvalue weighted by Gasteiger charge is -2.20. The third-order valence-corrected chi connectivity index (χ3v) is 6.71. The Morgan fingerprint density at radius 1 is 1.23 bits per heavy atom. The number of rotatable bonds is 4. The predicted octanol–water partition coefficient (Wildman–Crippen LogP) is 3.84. The van der Waals surface area contributed by atoms with Crippen molar-refractivity contribution in [3.8, 4) is 0 Å². The second-order valence-electron chi connectivity index (χ2n) is 6.94. The molecule has 1 N–H and O–H groups in total. The molecule has 0 saturated heterocycles. The minimum Gasteiger partial charge on any atom is -0.245 e. The van der Waals surface area contributed by atoms with Crippen LogP contribution in [0.4, 0.5) is 13.2 Å². The van der Waals surface area contributed by atoms with Gasteiger partial charge in [0.15, 0.2) is 0 Å². The van der Waals surface area contributed by atoms with Crippen molar-refractivity contribution < 1.29 is 21.6 Å². The Hall–Kier alpha value is -2.21. The number of hydrazone groups is 1. The molecule has 0 radical (unpaired) electrons. The molecule has 0 fully saturated rings. The van der Waals surface area contributed by atoms with Crippen LogP contribution in [0, 0.1) is 0 Å². The summed E-state index contributed by atoms with van der Waals surface area (Å²) in [4.78, 5) is 0. The molecule has 166 valence electrons. The van der Waals surface area contributed by atoms with E-state index in [1.165, 1.54) is 25.2 Å². The molecule has 1 aliphatic heterocycles. The number of benzene rings is 2. The fourth-order valence-corrected chi connectivity index (χ4v) is 4.02. The maximum absolute atomic E-state index is 13.2. The summed E-state index contributed by atoms with van der Waals surface area (Å²) in [6.07, 6.45) is -4.50. The summed E-state index contributed by atoms with van der Waals surface area (Å²) >= 11 is 11.1. The van der Waals surface area contributed by atoms with Crippen LogP contribution in [0.5, 0.6) is 0 Å². The summed E-state index contributed by atoms with van der Waals surface area (Å²) in [5.74, 6) is -0.578. The molecule has 0 spiro atoms. The van der Waals surface area contributed by atoms with Gasteiger partial charge >= 0.3 is 16.4 Å². The topological polar surface area (TPSA) is 65.0 Å². The molecule has 0 aliphatic carbocycles. The van der Waals surface area contributed by atoms with Crippen molar-refractivity contribution in [2.75, 3.05) is 20.6 Å². The van der Waals surface area contributed by atoms with Gasteiger partial charge in [0.1, 0.15) is 0 Å². The van der Waals surface area contributed by atoms with E-state index in [9.17, 15) is 21.6 Å². The van der Waals surface area contributed by atoms with Crippen molar-refractivity contribution in [3.05, 3.63) is 70.2 Å². The standard InChI is InChI=1S/C19H18ClF3N4O2S2/c1-26(2)31(28,29)25-18(30)27-11-16(13-4-3-5-14(10-13)19(21,22)23)17(24-27)12-6-8-15(20)9-7-12/h3-10,16H,11H2,1-2H3,(H,25,30). The van der Waals surface area contributed by atoms with Gasteiger partial charge in [0, 0.05) is 25.0 Å². The zero-order valence-electron chi connectivity index (χ0n) is 16.4. The molecule has 1 aliphatic rings. The van der Waals surface area contributed by atoms with Gasteiger partial charge in [-0.05, 0) is 41.5 Å². The van der Waals surface area contributed by atoms with E-state index >= 15 is 0 Å².